The van der Waals surface area contributed by atoms with Crippen LogP contribution in [-0.4, -0.2) is 24.2 Å². The van der Waals surface area contributed by atoms with E-state index in [9.17, 15) is 0 Å². The summed E-state index contributed by atoms with van der Waals surface area (Å²) in [5.74, 6) is 1.49. The van der Waals surface area contributed by atoms with E-state index in [0.29, 0.717) is 4.77 Å². The van der Waals surface area contributed by atoms with Crippen molar-refractivity contribution in [2.24, 2.45) is 0 Å². The number of aromatic nitrogens is 2. The van der Waals surface area contributed by atoms with Gasteiger partial charge in [0.15, 0.2) is 16.3 Å². The van der Waals surface area contributed by atoms with E-state index in [1.165, 1.54) is 11.1 Å². The maximum Gasteiger partial charge on any atom is 0.175 e. The molecule has 1 heterocycles. The maximum atomic E-state index is 5.34. The summed E-state index contributed by atoms with van der Waals surface area (Å²) < 4.78 is 11.2. The summed E-state index contributed by atoms with van der Waals surface area (Å²) in [6.07, 6.45) is 0.822. The quantitative estimate of drug-likeness (QED) is 0.720. The predicted octanol–water partition coefficient (Wildman–Crippen LogP) is 3.83. The van der Waals surface area contributed by atoms with E-state index < -0.39 is 0 Å². The number of nitrogens with one attached hydrogen (secondary N) is 2. The maximum absolute atomic E-state index is 5.34. The standard InChI is InChI=1S/C16H16N2O2S/c1-19-14-6-4-11(9-15(14)20-2)7-10-3-5-12-13(8-10)18-16(21)17-12/h3-6,8-9H,7H2,1-2H3,(H2,17,18,21). The summed E-state index contributed by atoms with van der Waals surface area (Å²) in [6, 6.07) is 12.2. The predicted molar refractivity (Wildman–Crippen MR) is 85.8 cm³/mol. The zero-order valence-corrected chi connectivity index (χ0v) is 12.7. The smallest absolute Gasteiger partial charge is 0.175 e. The SMILES string of the molecule is COc1ccc(Cc2ccc3[nH]c(=S)[nH]c3c2)cc1OC. The number of H-pyrrole nitrogens is 2. The first-order chi connectivity index (χ1) is 10.2. The Hall–Kier alpha value is -2.27. The Morgan fingerprint density at radius 2 is 1.52 bits per heavy atom. The van der Waals surface area contributed by atoms with Gasteiger partial charge in [0.1, 0.15) is 0 Å². The summed E-state index contributed by atoms with van der Waals surface area (Å²) in [6.45, 7) is 0. The molecule has 5 heteroatoms. The van der Waals surface area contributed by atoms with Gasteiger partial charge in [-0.25, -0.2) is 0 Å². The normalized spacial score (nSPS) is 10.8. The van der Waals surface area contributed by atoms with Gasteiger partial charge in [-0.1, -0.05) is 12.1 Å². The van der Waals surface area contributed by atoms with Crippen LogP contribution in [0.4, 0.5) is 0 Å². The van der Waals surface area contributed by atoms with Gasteiger partial charge < -0.3 is 19.4 Å². The van der Waals surface area contributed by atoms with Crippen LogP contribution in [0.5, 0.6) is 11.5 Å². The molecule has 0 saturated heterocycles. The van der Waals surface area contributed by atoms with E-state index in [2.05, 4.69) is 22.1 Å². The average molecular weight is 300 g/mol. The molecular weight excluding hydrogens is 284 g/mol. The van der Waals surface area contributed by atoms with E-state index in [4.69, 9.17) is 21.7 Å². The lowest BCUT2D eigenvalue weighted by molar-refractivity contribution is 0.354. The average Bonchev–Trinajstić information content (AvgIpc) is 2.86. The van der Waals surface area contributed by atoms with Crippen LogP contribution in [0.3, 0.4) is 0 Å². The fraction of sp³-hybridized carbons (Fsp3) is 0.188. The van der Waals surface area contributed by atoms with Gasteiger partial charge in [0.25, 0.3) is 0 Å². The Morgan fingerprint density at radius 3 is 2.29 bits per heavy atom. The lowest BCUT2D eigenvalue weighted by Crippen LogP contribution is -1.93. The molecule has 0 bridgehead atoms. The van der Waals surface area contributed by atoms with Crippen LogP contribution in [0.15, 0.2) is 36.4 Å². The third kappa shape index (κ3) is 2.78. The summed E-state index contributed by atoms with van der Waals surface area (Å²) in [4.78, 5) is 6.25. The Balaban J connectivity index is 1.92. The van der Waals surface area contributed by atoms with Gasteiger partial charge in [-0.3, -0.25) is 0 Å². The molecule has 0 saturated carbocycles. The van der Waals surface area contributed by atoms with Crippen LogP contribution < -0.4 is 9.47 Å². The summed E-state index contributed by atoms with van der Waals surface area (Å²) >= 11 is 5.10. The zero-order valence-electron chi connectivity index (χ0n) is 11.9. The molecule has 0 aliphatic heterocycles. The number of fused-ring (bicyclic) bond motifs is 1. The first-order valence-electron chi connectivity index (χ1n) is 6.61. The van der Waals surface area contributed by atoms with Crippen molar-refractivity contribution in [1.82, 2.24) is 9.97 Å². The lowest BCUT2D eigenvalue weighted by Gasteiger charge is -2.09. The fourth-order valence-corrected chi connectivity index (χ4v) is 2.64. The highest BCUT2D eigenvalue weighted by Crippen LogP contribution is 2.28. The molecule has 2 aromatic carbocycles. The molecule has 0 radical (unpaired) electrons. The van der Waals surface area contributed by atoms with Crippen LogP contribution in [0.1, 0.15) is 11.1 Å². The van der Waals surface area contributed by atoms with Gasteiger partial charge in [-0.15, -0.1) is 0 Å². The van der Waals surface area contributed by atoms with Crippen molar-refractivity contribution >= 4 is 23.3 Å². The molecule has 3 rings (SSSR count). The van der Waals surface area contributed by atoms with Gasteiger partial charge in [-0.2, -0.15) is 0 Å². The number of ether oxygens (including phenoxy) is 2. The number of methoxy groups -OCH3 is 2. The molecule has 1 aromatic heterocycles. The highest BCUT2D eigenvalue weighted by atomic mass is 32.1. The van der Waals surface area contributed by atoms with Gasteiger partial charge in [-0.05, 0) is 54.0 Å². The first-order valence-corrected chi connectivity index (χ1v) is 7.02. The van der Waals surface area contributed by atoms with E-state index >= 15 is 0 Å². The Bertz CT molecular complexity index is 836. The number of rotatable bonds is 4. The van der Waals surface area contributed by atoms with Crippen molar-refractivity contribution in [2.75, 3.05) is 14.2 Å². The minimum Gasteiger partial charge on any atom is -0.493 e. The number of imidazole rings is 1. The monoisotopic (exact) mass is 300 g/mol. The first kappa shape index (κ1) is 13.7. The van der Waals surface area contributed by atoms with Crippen molar-refractivity contribution in [3.8, 4) is 11.5 Å². The third-order valence-corrected chi connectivity index (χ3v) is 3.64. The Morgan fingerprint density at radius 1 is 0.857 bits per heavy atom. The van der Waals surface area contributed by atoms with E-state index in [1.807, 2.05) is 24.3 Å². The van der Waals surface area contributed by atoms with Crippen molar-refractivity contribution in [3.63, 3.8) is 0 Å². The Kier molecular flexibility index (Phi) is 3.66. The van der Waals surface area contributed by atoms with Crippen LogP contribution in [0.2, 0.25) is 0 Å². The van der Waals surface area contributed by atoms with Gasteiger partial charge >= 0.3 is 0 Å². The van der Waals surface area contributed by atoms with Crippen LogP contribution in [0.25, 0.3) is 11.0 Å². The van der Waals surface area contributed by atoms with Gasteiger partial charge in [0.05, 0.1) is 25.3 Å². The molecule has 21 heavy (non-hydrogen) atoms. The van der Waals surface area contributed by atoms with E-state index in [1.54, 1.807) is 14.2 Å². The number of hydrogen-bond acceptors (Lipinski definition) is 3. The molecule has 2 N–H and O–H groups in total. The largest absolute Gasteiger partial charge is 0.493 e. The van der Waals surface area contributed by atoms with Crippen molar-refractivity contribution in [2.45, 2.75) is 6.42 Å². The molecule has 0 aliphatic carbocycles. The molecule has 0 unspecified atom stereocenters. The number of aromatic amines is 2. The molecular formula is C16H16N2O2S. The van der Waals surface area contributed by atoms with Crippen molar-refractivity contribution in [3.05, 3.63) is 52.3 Å². The number of hydrogen-bond donors (Lipinski definition) is 2. The third-order valence-electron chi connectivity index (χ3n) is 3.44. The van der Waals surface area contributed by atoms with Gasteiger partial charge in [0, 0.05) is 0 Å². The molecule has 0 fully saturated rings. The van der Waals surface area contributed by atoms with Gasteiger partial charge in [0.2, 0.25) is 0 Å². The summed E-state index contributed by atoms with van der Waals surface area (Å²) in [5, 5.41) is 0. The van der Waals surface area contributed by atoms with E-state index in [0.717, 1.165) is 29.0 Å². The topological polar surface area (TPSA) is 50.0 Å². The Labute approximate surface area is 127 Å². The molecule has 4 nitrogen and oxygen atoms in total. The van der Waals surface area contributed by atoms with Crippen LogP contribution >= 0.6 is 12.2 Å². The molecule has 0 spiro atoms. The highest BCUT2D eigenvalue weighted by Gasteiger charge is 2.06. The summed E-state index contributed by atoms with van der Waals surface area (Å²) in [7, 11) is 3.28. The van der Waals surface area contributed by atoms with Crippen LogP contribution in [0, 0.1) is 4.77 Å². The molecule has 0 atom stereocenters. The van der Waals surface area contributed by atoms with Crippen LogP contribution in [-0.2, 0) is 6.42 Å². The second kappa shape index (κ2) is 5.61. The minimum absolute atomic E-state index is 0.647. The molecule has 0 amide bonds. The molecule has 108 valence electrons. The number of benzene rings is 2. The minimum atomic E-state index is 0.647. The molecule has 3 aromatic rings. The molecule has 0 aliphatic rings. The second-order valence-electron chi connectivity index (χ2n) is 4.83. The van der Waals surface area contributed by atoms with Crippen molar-refractivity contribution < 1.29 is 9.47 Å². The van der Waals surface area contributed by atoms with E-state index in [-0.39, 0.29) is 0 Å². The highest BCUT2D eigenvalue weighted by molar-refractivity contribution is 7.71. The van der Waals surface area contributed by atoms with Crippen molar-refractivity contribution in [1.29, 1.82) is 0 Å². The fourth-order valence-electron chi connectivity index (χ4n) is 2.42. The zero-order chi connectivity index (χ0) is 14.8. The second-order valence-corrected chi connectivity index (χ2v) is 5.23. The lowest BCUT2D eigenvalue weighted by atomic mass is 10.0. The summed E-state index contributed by atoms with van der Waals surface area (Å²) in [5.41, 5.74) is 4.43.